The Morgan fingerprint density at radius 2 is 1.39 bits per heavy atom. The average molecular weight is 1480 g/mol. The maximum atomic E-state index is 15.0. The molecule has 0 aromatic heterocycles. The van der Waals surface area contributed by atoms with E-state index in [0.717, 1.165) is 93.0 Å². The van der Waals surface area contributed by atoms with Gasteiger partial charge in [-0.3, -0.25) is 19.3 Å². The van der Waals surface area contributed by atoms with Crippen molar-refractivity contribution in [1.29, 1.82) is 0 Å². The van der Waals surface area contributed by atoms with Gasteiger partial charge in [0.05, 0.1) is 59.8 Å². The predicted octanol–water partition coefficient (Wildman–Crippen LogP) is 11.3. The van der Waals surface area contributed by atoms with Crippen LogP contribution in [0.2, 0.25) is 10.0 Å². The lowest BCUT2D eigenvalue weighted by Gasteiger charge is -2.50. The van der Waals surface area contributed by atoms with E-state index in [1.807, 2.05) is 70.4 Å². The number of halogens is 2. The van der Waals surface area contributed by atoms with Crippen LogP contribution in [0, 0.1) is 47.3 Å². The molecule has 4 aromatic rings. The van der Waals surface area contributed by atoms with Gasteiger partial charge in [0.2, 0.25) is 26.0 Å². The van der Waals surface area contributed by atoms with Crippen molar-refractivity contribution >= 4 is 72.3 Å². The number of ether oxygens (including phenoxy) is 4. The molecule has 4 aromatic carbocycles. The number of morpholine rings is 1. The third-order valence-electron chi connectivity index (χ3n) is 23.6. The second-order valence-electron chi connectivity index (χ2n) is 30.9. The number of allylic oxidation sites excluding steroid dienone is 2. The number of fused-ring (bicyclic) bond motifs is 7. The van der Waals surface area contributed by atoms with E-state index >= 15 is 0 Å². The highest BCUT2D eigenvalue weighted by Crippen LogP contribution is 2.52. The van der Waals surface area contributed by atoms with Gasteiger partial charge >= 0.3 is 0 Å². The summed E-state index contributed by atoms with van der Waals surface area (Å²) in [6.45, 7) is 12.1. The number of carbonyl (C=O) groups excluding carboxylic acids is 3. The van der Waals surface area contributed by atoms with Gasteiger partial charge in [-0.05, 0) is 218 Å². The summed E-state index contributed by atoms with van der Waals surface area (Å²) in [7, 11) is -0.966. The van der Waals surface area contributed by atoms with Crippen LogP contribution in [0.15, 0.2) is 91.0 Å². The third-order valence-corrected chi connectivity index (χ3v) is 27.9. The standard InChI is InChI=1S/C79H103Cl2N7O12S2/c1-52-16-13-32-78(92,31-10-12-34-84(5)6)67-26-21-59(67)47-88-50-77(30-15-19-57-41-64(81)25-28-66(57)77)51-99-74-65(42-62(44-70(74)88)76(91)83-102(95,96)54(52)3)72-48-86(36-38-97-72)37-39-100-79(45-73(89)85(7)8)33-14-17-53(2)55(4)101(93,94)82-75(90)58-23-29-71-69(43-58)87(46-60-22-27-68(60)79)35-11-9-18-56-40-63(80)24-20-61(56)49-98-71/h13-14,20,23-25,28-29,32-33,40-44,52-55,59-60,67-68,72,92H,9,11-12,15-19,21-22,26-27,30,34-39,45-51H2,1-8H3,(H,82,90)(H,83,91)/b32-13+,33-14+/t52-,53-,54+,55+,59-,60-,67+,68+,72?,77-,78+,79+/m0/s1. The van der Waals surface area contributed by atoms with Crippen LogP contribution in [-0.4, -0.2) is 176 Å². The van der Waals surface area contributed by atoms with Crippen LogP contribution in [0.25, 0.3) is 0 Å². The summed E-state index contributed by atoms with van der Waals surface area (Å²) in [4.78, 5) is 54.2. The van der Waals surface area contributed by atoms with Crippen molar-refractivity contribution in [1.82, 2.24) is 24.1 Å². The minimum absolute atomic E-state index is 0.00938. The number of anilines is 2. The van der Waals surface area contributed by atoms with Gasteiger partial charge in [-0.15, -0.1) is 0 Å². The molecule has 5 aliphatic heterocycles. The number of nitrogens with one attached hydrogen (secondary N) is 2. The van der Waals surface area contributed by atoms with Crippen molar-refractivity contribution in [3.63, 3.8) is 0 Å². The molecule has 12 atom stereocenters. The first kappa shape index (κ1) is 75.5. The molecule has 1 unspecified atom stereocenters. The number of aryl methyl sites for hydroxylation is 2. The number of aliphatic hydroxyl groups is 1. The molecule has 3 amide bonds. The molecule has 102 heavy (non-hydrogen) atoms. The van der Waals surface area contributed by atoms with Crippen LogP contribution in [0.1, 0.15) is 159 Å². The fourth-order valence-electron chi connectivity index (χ4n) is 16.7. The van der Waals surface area contributed by atoms with E-state index in [4.69, 9.17) is 42.1 Å². The fourth-order valence-corrected chi connectivity index (χ4v) is 19.6. The van der Waals surface area contributed by atoms with E-state index in [9.17, 15) is 36.3 Å². The van der Waals surface area contributed by atoms with Crippen molar-refractivity contribution < 1.29 is 55.3 Å². The third kappa shape index (κ3) is 16.6. The van der Waals surface area contributed by atoms with Crippen LogP contribution in [-0.2, 0) is 59.2 Å². The molecule has 3 aliphatic carbocycles. The Bertz CT molecular complexity index is 4140. The number of hydrogen-bond donors (Lipinski definition) is 3. The Morgan fingerprint density at radius 1 is 0.725 bits per heavy atom. The van der Waals surface area contributed by atoms with Crippen molar-refractivity contribution in [3.05, 3.63) is 140 Å². The van der Waals surface area contributed by atoms with Crippen molar-refractivity contribution in [2.75, 3.05) is 110 Å². The molecular formula is C79H103Cl2N7O12S2. The smallest absolute Gasteiger partial charge is 0.264 e. The summed E-state index contributed by atoms with van der Waals surface area (Å²) in [5.41, 5.74) is 3.49. The number of rotatable bonds is 9. The molecule has 0 radical (unpaired) electrons. The molecule has 3 fully saturated rings. The Balaban J connectivity index is 0.891. The molecule has 3 N–H and O–H groups in total. The van der Waals surface area contributed by atoms with E-state index in [2.05, 4.69) is 53.0 Å². The van der Waals surface area contributed by atoms with E-state index in [0.29, 0.717) is 117 Å². The molecule has 8 aliphatic rings. The normalized spacial score (nSPS) is 31.1. The monoisotopic (exact) mass is 1480 g/mol. The van der Waals surface area contributed by atoms with Gasteiger partial charge in [-0.25, -0.2) is 26.3 Å². The van der Waals surface area contributed by atoms with Crippen molar-refractivity contribution in [2.24, 2.45) is 35.5 Å². The lowest BCUT2D eigenvalue weighted by Crippen LogP contribution is -2.54. The van der Waals surface area contributed by atoms with Crippen molar-refractivity contribution in [2.45, 2.75) is 157 Å². The van der Waals surface area contributed by atoms with E-state index in [-0.39, 0.29) is 60.3 Å². The number of benzene rings is 4. The number of nitrogens with zero attached hydrogens (tertiary/aromatic N) is 5. The average Bonchev–Trinajstić information content (AvgIpc) is 1.40. The maximum Gasteiger partial charge on any atom is 0.264 e. The highest BCUT2D eigenvalue weighted by molar-refractivity contribution is 7.91. The van der Waals surface area contributed by atoms with Crippen LogP contribution in [0.5, 0.6) is 11.5 Å². The first-order valence-electron chi connectivity index (χ1n) is 36.8. The van der Waals surface area contributed by atoms with Crippen molar-refractivity contribution in [3.8, 4) is 23.3 Å². The van der Waals surface area contributed by atoms with Gasteiger partial charge in [0.25, 0.3) is 11.8 Å². The molecule has 2 saturated carbocycles. The number of carbonyl (C=O) groups is 3. The van der Waals surface area contributed by atoms with Gasteiger partial charge in [0, 0.05) is 111 Å². The van der Waals surface area contributed by atoms with Gasteiger partial charge in [-0.2, -0.15) is 0 Å². The van der Waals surface area contributed by atoms with E-state index in [1.165, 1.54) is 0 Å². The maximum absolute atomic E-state index is 15.0. The molecule has 4 bridgehead atoms. The second-order valence-corrected chi connectivity index (χ2v) is 35.8. The van der Waals surface area contributed by atoms with Crippen LogP contribution in [0.3, 0.4) is 0 Å². The van der Waals surface area contributed by atoms with Crippen LogP contribution in [0.4, 0.5) is 11.4 Å². The Morgan fingerprint density at radius 3 is 2.10 bits per heavy atom. The molecule has 12 rings (SSSR count). The first-order chi connectivity index (χ1) is 48.6. The molecule has 19 nitrogen and oxygen atoms in total. The number of hydrogen-bond acceptors (Lipinski definition) is 16. The van der Waals surface area contributed by atoms with E-state index < -0.39 is 76.9 Å². The van der Waals surface area contributed by atoms with Gasteiger partial charge in [-0.1, -0.05) is 79.3 Å². The summed E-state index contributed by atoms with van der Waals surface area (Å²) >= 11 is 13.3. The van der Waals surface area contributed by atoms with Crippen LogP contribution < -0.4 is 28.7 Å². The Hall–Kier alpha value is -6.19. The molecule has 23 heteroatoms. The topological polar surface area (TPSA) is 217 Å². The molecule has 552 valence electrons. The molecule has 1 spiro atoms. The molecule has 5 heterocycles. The highest BCUT2D eigenvalue weighted by Gasteiger charge is 2.51. The van der Waals surface area contributed by atoms with E-state index in [1.54, 1.807) is 69.3 Å². The minimum Gasteiger partial charge on any atom is -0.490 e. The highest BCUT2D eigenvalue weighted by atomic mass is 35.5. The zero-order valence-electron chi connectivity index (χ0n) is 60.5. The zero-order chi connectivity index (χ0) is 72.5. The quantitative estimate of drug-likeness (QED) is 0.105. The fraction of sp³-hybridized carbons (Fsp3) is 0.582. The summed E-state index contributed by atoms with van der Waals surface area (Å²) in [5.74, 6) is 4.79. The van der Waals surface area contributed by atoms with Gasteiger partial charge in [0.15, 0.2) is 0 Å². The second kappa shape index (κ2) is 31.5. The lowest BCUT2D eigenvalue weighted by atomic mass is 9.63. The van der Waals surface area contributed by atoms with Gasteiger partial charge in [0.1, 0.15) is 23.7 Å². The molecule has 1 saturated heterocycles. The summed E-state index contributed by atoms with van der Waals surface area (Å²) in [5, 5.41) is 12.2. The molecular weight excluding hydrogens is 1370 g/mol. The SMILES string of the molecule is C[C@@H]1[C@@H](C)C/C=C/[C@](CC(=O)N(C)C)(OCCN2CCOC(c3cc4cc5c3OC[C@]3(CCCc6cc(Cl)ccc63)CN5C[C@@H]3CC[C@H]3[C@@](O)(C#CCCN(C)C)/C=C/C[C@H](C)[C@@H](C)S(=O)(=O)NC4=O)C2)[C@@H]2CC[C@H]2CN2CCCCc3cc(Cl)ccc3COc3ccc(cc32)C(=O)NS1(=O)=O. The predicted molar refractivity (Wildman–Crippen MR) is 401 cm³/mol. The zero-order valence-corrected chi connectivity index (χ0v) is 63.6. The lowest BCUT2D eigenvalue weighted by molar-refractivity contribution is -0.146. The Labute approximate surface area is 614 Å². The summed E-state index contributed by atoms with van der Waals surface area (Å²) in [6.07, 6.45) is 16.3. The first-order valence-corrected chi connectivity index (χ1v) is 40.6. The number of sulfonamides is 2. The largest absolute Gasteiger partial charge is 0.490 e. The van der Waals surface area contributed by atoms with Crippen LogP contribution >= 0.6 is 23.2 Å². The number of amides is 3. The minimum atomic E-state index is -4.26. The van der Waals surface area contributed by atoms with Gasteiger partial charge < -0.3 is 43.7 Å². The summed E-state index contributed by atoms with van der Waals surface area (Å²) < 4.78 is 90.5. The summed E-state index contributed by atoms with van der Waals surface area (Å²) in [6, 6.07) is 20.6. The Kier molecular flexibility index (Phi) is 23.3.